The number of carbonyl (C=O) groups is 2. The summed E-state index contributed by atoms with van der Waals surface area (Å²) in [5, 5.41) is 16.8. The van der Waals surface area contributed by atoms with Gasteiger partial charge < -0.3 is 16.0 Å². The first-order chi connectivity index (χ1) is 18.7. The smallest absolute Gasteiger partial charge is 0.318 e. The summed E-state index contributed by atoms with van der Waals surface area (Å²) in [7, 11) is 0. The Kier molecular flexibility index (Phi) is 7.32. The summed E-state index contributed by atoms with van der Waals surface area (Å²) in [4.78, 5) is 27.4. The summed E-state index contributed by atoms with van der Waals surface area (Å²) in [6.45, 7) is 3.21. The topological polar surface area (TPSA) is 117 Å². The second kappa shape index (κ2) is 10.7. The van der Waals surface area contributed by atoms with E-state index in [4.69, 9.17) is 22.6 Å². The lowest BCUT2D eigenvalue weighted by molar-refractivity contribution is 0.0997. The van der Waals surface area contributed by atoms with Crippen LogP contribution < -0.4 is 11.1 Å². The number of halogens is 2. The molecule has 39 heavy (non-hydrogen) atoms. The second-order valence-electron chi connectivity index (χ2n) is 10.4. The molecule has 0 atom stereocenters. The molecule has 0 saturated heterocycles. The summed E-state index contributed by atoms with van der Waals surface area (Å²) >= 11 is 5.96. The fourth-order valence-electron chi connectivity index (χ4n) is 5.92. The van der Waals surface area contributed by atoms with E-state index in [0.29, 0.717) is 35.6 Å². The molecular weight excluding hydrogens is 519 g/mol. The van der Waals surface area contributed by atoms with E-state index in [1.165, 1.54) is 23.8 Å². The number of primary amides is 1. The normalized spacial score (nSPS) is 20.7. The van der Waals surface area contributed by atoms with Crippen molar-refractivity contribution in [1.29, 1.82) is 5.26 Å². The highest BCUT2D eigenvalue weighted by Crippen LogP contribution is 2.42. The minimum absolute atomic E-state index is 0.0445. The average Bonchev–Trinajstić information content (AvgIpc) is 3.34. The highest BCUT2D eigenvalue weighted by atomic mass is 35.5. The maximum Gasteiger partial charge on any atom is 0.318 e. The maximum absolute atomic E-state index is 13.7. The van der Waals surface area contributed by atoms with Crippen LogP contribution in [0.1, 0.15) is 66.2 Å². The third-order valence-corrected chi connectivity index (χ3v) is 8.57. The molecule has 2 aromatic carbocycles. The number of rotatable bonds is 5. The van der Waals surface area contributed by atoms with E-state index in [2.05, 4.69) is 35.5 Å². The fourth-order valence-corrected chi connectivity index (χ4v) is 6.10. The minimum Gasteiger partial charge on any atom is -0.365 e. The molecule has 2 aliphatic rings. The van der Waals surface area contributed by atoms with Crippen LogP contribution >= 0.6 is 11.6 Å². The molecule has 1 aliphatic carbocycles. The van der Waals surface area contributed by atoms with Crippen molar-refractivity contribution in [3.05, 3.63) is 75.7 Å². The third-order valence-electron chi connectivity index (χ3n) is 8.28. The van der Waals surface area contributed by atoms with Gasteiger partial charge in [0, 0.05) is 18.2 Å². The van der Waals surface area contributed by atoms with Crippen molar-refractivity contribution >= 4 is 23.5 Å². The Labute approximate surface area is 231 Å². The van der Waals surface area contributed by atoms with Gasteiger partial charge in [0.25, 0.3) is 5.91 Å². The van der Waals surface area contributed by atoms with Gasteiger partial charge in [-0.05, 0) is 73.4 Å². The van der Waals surface area contributed by atoms with E-state index >= 15 is 0 Å². The van der Waals surface area contributed by atoms with E-state index in [1.807, 2.05) is 12.1 Å². The summed E-state index contributed by atoms with van der Waals surface area (Å²) in [6.07, 6.45) is 4.60. The molecule has 8 nitrogen and oxygen atoms in total. The highest BCUT2D eigenvalue weighted by molar-refractivity contribution is 6.31. The van der Waals surface area contributed by atoms with Gasteiger partial charge in [-0.3, -0.25) is 9.48 Å². The third kappa shape index (κ3) is 5.09. The predicted octanol–water partition coefficient (Wildman–Crippen LogP) is 5.13. The van der Waals surface area contributed by atoms with Crippen LogP contribution in [0.2, 0.25) is 5.02 Å². The van der Waals surface area contributed by atoms with Gasteiger partial charge in [-0.15, -0.1) is 0 Å². The van der Waals surface area contributed by atoms with Crippen molar-refractivity contribution in [3.8, 4) is 17.3 Å². The van der Waals surface area contributed by atoms with Crippen molar-refractivity contribution < 1.29 is 14.0 Å². The van der Waals surface area contributed by atoms with Crippen LogP contribution in [0.3, 0.4) is 0 Å². The molecule has 1 aromatic heterocycles. The van der Waals surface area contributed by atoms with Crippen molar-refractivity contribution in [1.82, 2.24) is 20.0 Å². The number of benzene rings is 2. The van der Waals surface area contributed by atoms with Crippen molar-refractivity contribution in [2.45, 2.75) is 63.6 Å². The van der Waals surface area contributed by atoms with Gasteiger partial charge >= 0.3 is 6.03 Å². The summed E-state index contributed by atoms with van der Waals surface area (Å²) < 4.78 is 15.4. The Hall–Kier alpha value is -3.90. The van der Waals surface area contributed by atoms with Gasteiger partial charge in [0.05, 0.1) is 41.0 Å². The van der Waals surface area contributed by atoms with Crippen molar-refractivity contribution in [2.24, 2.45) is 5.73 Å². The molecule has 1 saturated carbocycles. The SMILES string of the molecule is CCC1(c2ccc(C#N)cc2)CCC(NC(=O)N2CCn3nc(-c4ccc(F)c(Cl)c4)c(C(N)=O)c3C2)CC1. The van der Waals surface area contributed by atoms with Crippen LogP contribution in [0, 0.1) is 17.1 Å². The number of hydrogen-bond acceptors (Lipinski definition) is 4. The number of carbonyl (C=O) groups excluding carboxylic acids is 2. The van der Waals surface area contributed by atoms with Gasteiger partial charge in [0.15, 0.2) is 0 Å². The molecule has 0 unspecified atom stereocenters. The van der Waals surface area contributed by atoms with Crippen molar-refractivity contribution in [2.75, 3.05) is 6.54 Å². The van der Waals surface area contributed by atoms with Gasteiger partial charge in [-0.2, -0.15) is 10.4 Å². The molecule has 1 aliphatic heterocycles. The average molecular weight is 549 g/mol. The zero-order valence-electron chi connectivity index (χ0n) is 21.7. The molecule has 1 fully saturated rings. The largest absolute Gasteiger partial charge is 0.365 e. The zero-order valence-corrected chi connectivity index (χ0v) is 22.5. The molecule has 0 spiro atoms. The molecule has 3 N–H and O–H groups in total. The predicted molar refractivity (Wildman–Crippen MR) is 145 cm³/mol. The molecular formula is C29H30ClFN6O2. The van der Waals surface area contributed by atoms with E-state index in [9.17, 15) is 14.0 Å². The van der Waals surface area contributed by atoms with Gasteiger partial charge in [-0.1, -0.05) is 30.7 Å². The first kappa shape index (κ1) is 26.7. The Morgan fingerprint density at radius 3 is 2.54 bits per heavy atom. The Bertz CT molecular complexity index is 1450. The lowest BCUT2D eigenvalue weighted by atomic mass is 9.66. The Morgan fingerprint density at radius 2 is 1.92 bits per heavy atom. The van der Waals surface area contributed by atoms with Crippen LogP contribution in [0.4, 0.5) is 9.18 Å². The van der Waals surface area contributed by atoms with Crippen LogP contribution in [-0.4, -0.2) is 39.2 Å². The van der Waals surface area contributed by atoms with E-state index < -0.39 is 11.7 Å². The van der Waals surface area contributed by atoms with Crippen LogP contribution in [0.25, 0.3) is 11.3 Å². The quantitative estimate of drug-likeness (QED) is 0.459. The molecule has 5 rings (SSSR count). The Balaban J connectivity index is 1.27. The van der Waals surface area contributed by atoms with Gasteiger partial charge in [0.2, 0.25) is 0 Å². The summed E-state index contributed by atoms with van der Waals surface area (Å²) in [5.41, 5.74) is 9.24. The molecule has 10 heteroatoms. The number of fused-ring (bicyclic) bond motifs is 1. The summed E-state index contributed by atoms with van der Waals surface area (Å²) in [5.74, 6) is -1.23. The number of nitriles is 1. The van der Waals surface area contributed by atoms with Gasteiger partial charge in [0.1, 0.15) is 11.5 Å². The Morgan fingerprint density at radius 1 is 1.21 bits per heavy atom. The molecule has 0 radical (unpaired) electrons. The lowest BCUT2D eigenvalue weighted by Gasteiger charge is -2.41. The van der Waals surface area contributed by atoms with E-state index in [0.717, 1.165) is 32.1 Å². The summed E-state index contributed by atoms with van der Waals surface area (Å²) in [6, 6.07) is 14.0. The van der Waals surface area contributed by atoms with Crippen molar-refractivity contribution in [3.63, 3.8) is 0 Å². The molecule has 2 heterocycles. The van der Waals surface area contributed by atoms with E-state index in [1.54, 1.807) is 9.58 Å². The number of hydrogen-bond donors (Lipinski definition) is 2. The molecule has 3 amide bonds. The number of amides is 3. The molecule has 202 valence electrons. The number of urea groups is 1. The van der Waals surface area contributed by atoms with Crippen LogP contribution in [0.15, 0.2) is 42.5 Å². The zero-order chi connectivity index (χ0) is 27.7. The maximum atomic E-state index is 13.7. The molecule has 3 aromatic rings. The number of nitrogens with two attached hydrogens (primary N) is 1. The number of nitrogens with one attached hydrogen (secondary N) is 1. The first-order valence-corrected chi connectivity index (χ1v) is 13.5. The number of aromatic nitrogens is 2. The van der Waals surface area contributed by atoms with Gasteiger partial charge in [-0.25, -0.2) is 9.18 Å². The second-order valence-corrected chi connectivity index (χ2v) is 10.8. The van der Waals surface area contributed by atoms with E-state index in [-0.39, 0.29) is 34.6 Å². The van der Waals surface area contributed by atoms with Crippen LogP contribution in [0.5, 0.6) is 0 Å². The standard InChI is InChI=1S/C29H30ClFN6O2/c1-2-29(20-6-3-18(16-32)4-7-20)11-9-21(10-12-29)34-28(39)36-13-14-37-24(17-36)25(27(33)38)26(35-37)19-5-8-23(31)22(30)15-19/h3-8,15,21H,2,9-14,17H2,1H3,(H2,33,38)(H,34,39). The monoisotopic (exact) mass is 548 g/mol. The lowest BCUT2D eigenvalue weighted by Crippen LogP contribution is -2.49. The highest BCUT2D eigenvalue weighted by Gasteiger charge is 2.37. The fraction of sp³-hybridized carbons (Fsp3) is 0.379. The number of nitrogens with zero attached hydrogens (tertiary/aromatic N) is 4. The minimum atomic E-state index is -0.667. The van der Waals surface area contributed by atoms with Crippen LogP contribution in [-0.2, 0) is 18.5 Å². The molecule has 0 bridgehead atoms. The first-order valence-electron chi connectivity index (χ1n) is 13.2.